The van der Waals surface area contributed by atoms with Crippen molar-refractivity contribution in [3.63, 3.8) is 0 Å². The summed E-state index contributed by atoms with van der Waals surface area (Å²) in [4.78, 5) is 4.85. The Morgan fingerprint density at radius 2 is 1.46 bits per heavy atom. The quantitative estimate of drug-likeness (QED) is 0.567. The summed E-state index contributed by atoms with van der Waals surface area (Å²) in [6.07, 6.45) is 0. The van der Waals surface area contributed by atoms with Gasteiger partial charge in [0, 0.05) is 11.1 Å². The summed E-state index contributed by atoms with van der Waals surface area (Å²) >= 11 is 1.71. The van der Waals surface area contributed by atoms with Gasteiger partial charge in [-0.05, 0) is 40.7 Å². The second kappa shape index (κ2) is 5.59. The zero-order valence-electron chi connectivity index (χ0n) is 15.3. The molecule has 0 aliphatic rings. The average molecular weight is 340 g/mol. The third-order valence-electron chi connectivity index (χ3n) is 4.21. The van der Waals surface area contributed by atoms with Crippen LogP contribution in [0.3, 0.4) is 0 Å². The molecule has 3 aromatic rings. The molecule has 3 rings (SSSR count). The van der Waals surface area contributed by atoms with Gasteiger partial charge in [-0.1, -0.05) is 53.7 Å². The summed E-state index contributed by atoms with van der Waals surface area (Å²) in [6, 6.07) is 12.1. The van der Waals surface area contributed by atoms with Crippen LogP contribution < -0.4 is 0 Å². The maximum absolute atomic E-state index is 10.6. The van der Waals surface area contributed by atoms with Crippen molar-refractivity contribution in [3.8, 4) is 16.3 Å². The van der Waals surface area contributed by atoms with Crippen molar-refractivity contribution in [2.75, 3.05) is 0 Å². The molecule has 0 radical (unpaired) electrons. The Morgan fingerprint density at radius 3 is 2.04 bits per heavy atom. The zero-order valence-corrected chi connectivity index (χ0v) is 16.1. The van der Waals surface area contributed by atoms with Gasteiger partial charge in [0.05, 0.1) is 10.2 Å². The van der Waals surface area contributed by atoms with Gasteiger partial charge in [0.1, 0.15) is 10.8 Å². The fourth-order valence-corrected chi connectivity index (χ4v) is 4.29. The van der Waals surface area contributed by atoms with Crippen LogP contribution in [-0.4, -0.2) is 10.1 Å². The van der Waals surface area contributed by atoms with Crippen molar-refractivity contribution in [2.24, 2.45) is 0 Å². The van der Waals surface area contributed by atoms with Gasteiger partial charge < -0.3 is 5.11 Å². The van der Waals surface area contributed by atoms with Crippen LogP contribution in [0.1, 0.15) is 52.7 Å². The highest BCUT2D eigenvalue weighted by atomic mass is 32.1. The predicted molar refractivity (Wildman–Crippen MR) is 104 cm³/mol. The summed E-state index contributed by atoms with van der Waals surface area (Å²) in [6.45, 7) is 13.1. The van der Waals surface area contributed by atoms with Crippen molar-refractivity contribution < 1.29 is 5.11 Å². The largest absolute Gasteiger partial charge is 0.508 e. The Hall–Kier alpha value is -1.87. The molecule has 0 saturated heterocycles. The molecule has 0 aliphatic heterocycles. The van der Waals surface area contributed by atoms with E-state index in [0.29, 0.717) is 5.75 Å². The maximum Gasteiger partial charge on any atom is 0.124 e. The number of rotatable bonds is 1. The van der Waals surface area contributed by atoms with E-state index in [1.54, 1.807) is 11.3 Å². The number of fused-ring (bicyclic) bond motifs is 1. The van der Waals surface area contributed by atoms with E-state index in [1.807, 2.05) is 24.3 Å². The van der Waals surface area contributed by atoms with Crippen LogP contribution in [-0.2, 0) is 10.8 Å². The van der Waals surface area contributed by atoms with Crippen LogP contribution >= 0.6 is 11.3 Å². The normalized spacial score (nSPS) is 12.8. The Morgan fingerprint density at radius 1 is 0.833 bits per heavy atom. The predicted octanol–water partition coefficient (Wildman–Crippen LogP) is 6.26. The number of benzene rings is 2. The number of aromatic nitrogens is 1. The van der Waals surface area contributed by atoms with Crippen LogP contribution in [0.15, 0.2) is 36.4 Å². The Balaban J connectivity index is 2.36. The van der Waals surface area contributed by atoms with Gasteiger partial charge >= 0.3 is 0 Å². The molecule has 2 nitrogen and oxygen atoms in total. The SMILES string of the molecule is CC(C)(C)c1c(O)ccc(-c2nc3ccccc3s2)c1C(C)(C)C. The van der Waals surface area contributed by atoms with Crippen LogP contribution in [0, 0.1) is 0 Å². The van der Waals surface area contributed by atoms with Crippen molar-refractivity contribution in [1.29, 1.82) is 0 Å². The number of nitrogens with zero attached hydrogens (tertiary/aromatic N) is 1. The van der Waals surface area contributed by atoms with Gasteiger partial charge in [-0.3, -0.25) is 0 Å². The van der Waals surface area contributed by atoms with Gasteiger partial charge in [-0.25, -0.2) is 4.98 Å². The summed E-state index contributed by atoms with van der Waals surface area (Å²) < 4.78 is 1.19. The first-order valence-corrected chi connectivity index (χ1v) is 9.13. The fraction of sp³-hybridized carbons (Fsp3) is 0.381. The molecular weight excluding hydrogens is 314 g/mol. The first-order chi connectivity index (χ1) is 11.1. The van der Waals surface area contributed by atoms with Gasteiger partial charge in [-0.15, -0.1) is 11.3 Å². The maximum atomic E-state index is 10.6. The summed E-state index contributed by atoms with van der Waals surface area (Å²) in [5.41, 5.74) is 4.14. The standard InChI is InChI=1S/C21H25NOS/c1-20(2,3)17-13(11-12-15(23)18(17)21(4,5)6)19-22-14-9-7-8-10-16(14)24-19/h7-12,23H,1-6H3. The van der Waals surface area contributed by atoms with Crippen LogP contribution in [0.5, 0.6) is 5.75 Å². The molecule has 1 aromatic heterocycles. The lowest BCUT2D eigenvalue weighted by atomic mass is 9.73. The van der Waals surface area contributed by atoms with Crippen LogP contribution in [0.4, 0.5) is 0 Å². The van der Waals surface area contributed by atoms with E-state index in [1.165, 1.54) is 10.3 Å². The molecule has 0 bridgehead atoms. The second-order valence-electron chi connectivity index (χ2n) is 8.37. The van der Waals surface area contributed by atoms with Crippen molar-refractivity contribution in [3.05, 3.63) is 47.5 Å². The summed E-state index contributed by atoms with van der Waals surface area (Å²) in [5, 5.41) is 11.6. The highest BCUT2D eigenvalue weighted by Gasteiger charge is 2.31. The molecule has 0 atom stereocenters. The van der Waals surface area contributed by atoms with Gasteiger partial charge in [0.2, 0.25) is 0 Å². The zero-order chi connectivity index (χ0) is 17.7. The van der Waals surface area contributed by atoms with Crippen LogP contribution in [0.2, 0.25) is 0 Å². The molecule has 0 amide bonds. The van der Waals surface area contributed by atoms with Gasteiger partial charge in [0.25, 0.3) is 0 Å². The van der Waals surface area contributed by atoms with E-state index in [9.17, 15) is 5.11 Å². The smallest absolute Gasteiger partial charge is 0.124 e. The topological polar surface area (TPSA) is 33.1 Å². The Kier molecular flexibility index (Phi) is 3.95. The number of phenolic OH excluding ortho intramolecular Hbond substituents is 1. The molecule has 3 heteroatoms. The van der Waals surface area contributed by atoms with E-state index in [-0.39, 0.29) is 10.8 Å². The first kappa shape index (κ1) is 17.0. The molecule has 1 N–H and O–H groups in total. The highest BCUT2D eigenvalue weighted by Crippen LogP contribution is 2.45. The summed E-state index contributed by atoms with van der Waals surface area (Å²) in [5.74, 6) is 0.372. The van der Waals surface area contributed by atoms with E-state index >= 15 is 0 Å². The lowest BCUT2D eigenvalue weighted by molar-refractivity contribution is 0.436. The first-order valence-electron chi connectivity index (χ1n) is 8.32. The third kappa shape index (κ3) is 2.93. The Bertz CT molecular complexity index is 861. The molecular formula is C21H25NOS. The monoisotopic (exact) mass is 339 g/mol. The molecule has 24 heavy (non-hydrogen) atoms. The molecule has 0 saturated carbocycles. The molecule has 0 aliphatic carbocycles. The molecule has 0 spiro atoms. The van der Waals surface area contributed by atoms with Crippen molar-refractivity contribution >= 4 is 21.6 Å². The number of hydrogen-bond donors (Lipinski definition) is 1. The lowest BCUT2D eigenvalue weighted by Gasteiger charge is -2.32. The molecule has 0 fully saturated rings. The molecule has 0 unspecified atom stereocenters. The fourth-order valence-electron chi connectivity index (χ4n) is 3.30. The average Bonchev–Trinajstić information content (AvgIpc) is 2.88. The van der Waals surface area contributed by atoms with Gasteiger partial charge in [-0.2, -0.15) is 0 Å². The van der Waals surface area contributed by atoms with Crippen molar-refractivity contribution in [2.45, 2.75) is 52.4 Å². The minimum atomic E-state index is -0.139. The number of phenols is 1. The van der Waals surface area contributed by atoms with E-state index in [2.05, 4.69) is 53.7 Å². The minimum absolute atomic E-state index is 0.0887. The summed E-state index contributed by atoms with van der Waals surface area (Å²) in [7, 11) is 0. The second-order valence-corrected chi connectivity index (χ2v) is 9.40. The highest BCUT2D eigenvalue weighted by molar-refractivity contribution is 7.21. The molecule has 1 heterocycles. The third-order valence-corrected chi connectivity index (χ3v) is 5.28. The molecule has 126 valence electrons. The van der Waals surface area contributed by atoms with Gasteiger partial charge in [0.15, 0.2) is 0 Å². The Labute approximate surface area is 148 Å². The van der Waals surface area contributed by atoms with E-state index < -0.39 is 0 Å². The van der Waals surface area contributed by atoms with Crippen molar-refractivity contribution in [1.82, 2.24) is 4.98 Å². The number of aromatic hydroxyl groups is 1. The minimum Gasteiger partial charge on any atom is -0.508 e. The number of thiazole rings is 1. The van der Waals surface area contributed by atoms with E-state index in [4.69, 9.17) is 4.98 Å². The number of para-hydroxylation sites is 1. The van der Waals surface area contributed by atoms with Crippen LogP contribution in [0.25, 0.3) is 20.8 Å². The van der Waals surface area contributed by atoms with E-state index in [0.717, 1.165) is 21.7 Å². The molecule has 2 aromatic carbocycles. The lowest BCUT2D eigenvalue weighted by Crippen LogP contribution is -2.23. The number of hydrogen-bond acceptors (Lipinski definition) is 3.